The van der Waals surface area contributed by atoms with Crippen molar-refractivity contribution in [2.75, 3.05) is 13.1 Å². The molecule has 2 aromatic rings. The Morgan fingerprint density at radius 2 is 1.76 bits per heavy atom. The summed E-state index contributed by atoms with van der Waals surface area (Å²) < 4.78 is 38.9. The van der Waals surface area contributed by atoms with Gasteiger partial charge >= 0.3 is 0 Å². The molecule has 0 aliphatic carbocycles. The zero-order chi connectivity index (χ0) is 18.4. The zero-order valence-corrected chi connectivity index (χ0v) is 15.3. The van der Waals surface area contributed by atoms with E-state index in [1.165, 1.54) is 0 Å². The van der Waals surface area contributed by atoms with E-state index in [9.17, 15) is 17.6 Å². The van der Waals surface area contributed by atoms with Crippen molar-refractivity contribution >= 4 is 39.1 Å². The molecule has 0 aliphatic heterocycles. The standard InChI is InChI=1S/C16H15Cl2FN2O3S/c17-12-2-1-11(15(18)9-12)7-8-20-16(22)10-21-25(23,24)14-5-3-13(19)4-6-14/h1-6,9,21H,7-8,10H2,(H,20,22). The molecule has 0 aliphatic rings. The molecule has 0 fully saturated rings. The van der Waals surface area contributed by atoms with Crippen molar-refractivity contribution in [3.8, 4) is 0 Å². The molecular weight excluding hydrogens is 390 g/mol. The van der Waals surface area contributed by atoms with Crippen molar-refractivity contribution in [2.45, 2.75) is 11.3 Å². The number of nitrogens with one attached hydrogen (secondary N) is 2. The molecule has 0 saturated carbocycles. The molecule has 0 unspecified atom stereocenters. The predicted molar refractivity (Wildman–Crippen MR) is 94.8 cm³/mol. The second kappa shape index (κ2) is 8.62. The van der Waals surface area contributed by atoms with Crippen molar-refractivity contribution in [1.29, 1.82) is 0 Å². The van der Waals surface area contributed by atoms with Crippen LogP contribution >= 0.6 is 23.2 Å². The Balaban J connectivity index is 1.81. The van der Waals surface area contributed by atoms with E-state index >= 15 is 0 Å². The summed E-state index contributed by atoms with van der Waals surface area (Å²) >= 11 is 11.8. The van der Waals surface area contributed by atoms with Gasteiger partial charge < -0.3 is 5.32 Å². The van der Waals surface area contributed by atoms with Crippen LogP contribution in [0.25, 0.3) is 0 Å². The molecule has 25 heavy (non-hydrogen) atoms. The lowest BCUT2D eigenvalue weighted by Crippen LogP contribution is -2.37. The fourth-order valence-electron chi connectivity index (χ4n) is 1.98. The molecule has 0 spiro atoms. The van der Waals surface area contributed by atoms with Crippen LogP contribution in [0.5, 0.6) is 0 Å². The van der Waals surface area contributed by atoms with Crippen LogP contribution < -0.4 is 10.0 Å². The lowest BCUT2D eigenvalue weighted by Gasteiger charge is -2.09. The number of sulfonamides is 1. The van der Waals surface area contributed by atoms with Crippen molar-refractivity contribution < 1.29 is 17.6 Å². The van der Waals surface area contributed by atoms with Crippen molar-refractivity contribution in [1.82, 2.24) is 10.0 Å². The third kappa shape index (κ3) is 5.97. The van der Waals surface area contributed by atoms with E-state index in [2.05, 4.69) is 10.0 Å². The largest absolute Gasteiger partial charge is 0.355 e. The molecule has 1 amide bonds. The maximum absolute atomic E-state index is 12.8. The van der Waals surface area contributed by atoms with Crippen LogP contribution in [0.4, 0.5) is 4.39 Å². The maximum atomic E-state index is 12.8. The first kappa shape index (κ1) is 19.7. The van der Waals surface area contributed by atoms with Gasteiger partial charge in [0.25, 0.3) is 0 Å². The Kier molecular flexibility index (Phi) is 6.78. The van der Waals surface area contributed by atoms with E-state index in [0.29, 0.717) is 23.0 Å². The topological polar surface area (TPSA) is 75.3 Å². The average Bonchev–Trinajstić information content (AvgIpc) is 2.55. The minimum absolute atomic E-state index is 0.116. The number of carbonyl (C=O) groups is 1. The van der Waals surface area contributed by atoms with Gasteiger partial charge in [0.2, 0.25) is 15.9 Å². The molecular formula is C16H15Cl2FN2O3S. The van der Waals surface area contributed by atoms with Crippen molar-refractivity contribution in [2.24, 2.45) is 0 Å². The third-order valence-corrected chi connectivity index (χ3v) is 5.28. The van der Waals surface area contributed by atoms with Gasteiger partial charge in [-0.25, -0.2) is 17.5 Å². The number of carbonyl (C=O) groups excluding carboxylic acids is 1. The number of benzene rings is 2. The Morgan fingerprint density at radius 1 is 1.08 bits per heavy atom. The van der Waals surface area contributed by atoms with Crippen LogP contribution in [-0.4, -0.2) is 27.4 Å². The van der Waals surface area contributed by atoms with E-state index in [4.69, 9.17) is 23.2 Å². The van der Waals surface area contributed by atoms with E-state index in [1.807, 2.05) is 0 Å². The van der Waals surface area contributed by atoms with Gasteiger partial charge in [0.1, 0.15) is 5.82 Å². The second-order valence-electron chi connectivity index (χ2n) is 5.11. The fraction of sp³-hybridized carbons (Fsp3) is 0.188. The van der Waals surface area contributed by atoms with Gasteiger partial charge in [-0.2, -0.15) is 0 Å². The normalized spacial score (nSPS) is 11.3. The molecule has 5 nitrogen and oxygen atoms in total. The van der Waals surface area contributed by atoms with Gasteiger partial charge in [0, 0.05) is 16.6 Å². The molecule has 0 atom stereocenters. The summed E-state index contributed by atoms with van der Waals surface area (Å²) in [6.07, 6.45) is 0.479. The Morgan fingerprint density at radius 3 is 2.40 bits per heavy atom. The van der Waals surface area contributed by atoms with Gasteiger partial charge in [-0.15, -0.1) is 0 Å². The van der Waals surface area contributed by atoms with Gasteiger partial charge in [-0.05, 0) is 48.4 Å². The molecule has 2 aromatic carbocycles. The Hall–Kier alpha value is -1.67. The lowest BCUT2D eigenvalue weighted by atomic mass is 10.1. The van der Waals surface area contributed by atoms with E-state index in [-0.39, 0.29) is 4.90 Å². The summed E-state index contributed by atoms with van der Waals surface area (Å²) in [5.41, 5.74) is 0.818. The molecule has 0 saturated heterocycles. The minimum atomic E-state index is -3.87. The first-order valence-electron chi connectivity index (χ1n) is 7.24. The minimum Gasteiger partial charge on any atom is -0.355 e. The van der Waals surface area contributed by atoms with Gasteiger partial charge in [-0.3, -0.25) is 4.79 Å². The molecule has 0 bridgehead atoms. The maximum Gasteiger partial charge on any atom is 0.241 e. The van der Waals surface area contributed by atoms with Gasteiger partial charge in [0.15, 0.2) is 0 Å². The van der Waals surface area contributed by atoms with Gasteiger partial charge in [-0.1, -0.05) is 29.3 Å². The summed E-state index contributed by atoms with van der Waals surface area (Å²) in [6, 6.07) is 9.37. The number of rotatable bonds is 7. The fourth-order valence-corrected chi connectivity index (χ4v) is 3.47. The second-order valence-corrected chi connectivity index (χ2v) is 7.72. The highest BCUT2D eigenvalue weighted by Gasteiger charge is 2.15. The van der Waals surface area contributed by atoms with Crippen LogP contribution in [0.2, 0.25) is 10.0 Å². The zero-order valence-electron chi connectivity index (χ0n) is 12.9. The Labute approximate surface area is 155 Å². The van der Waals surface area contributed by atoms with Gasteiger partial charge in [0.05, 0.1) is 11.4 Å². The van der Waals surface area contributed by atoms with E-state index in [0.717, 1.165) is 29.8 Å². The highest BCUT2D eigenvalue weighted by Crippen LogP contribution is 2.21. The number of hydrogen-bond donors (Lipinski definition) is 2. The quantitative estimate of drug-likeness (QED) is 0.744. The van der Waals surface area contributed by atoms with Crippen molar-refractivity contribution in [3.05, 3.63) is 63.9 Å². The summed E-state index contributed by atoms with van der Waals surface area (Å²) in [7, 11) is -3.87. The molecule has 9 heteroatoms. The first-order chi connectivity index (χ1) is 11.8. The predicted octanol–water partition coefficient (Wildman–Crippen LogP) is 2.77. The Bertz CT molecular complexity index is 858. The lowest BCUT2D eigenvalue weighted by molar-refractivity contribution is -0.119. The number of amides is 1. The summed E-state index contributed by atoms with van der Waals surface area (Å²) in [5, 5.41) is 3.61. The SMILES string of the molecule is O=C(CNS(=O)(=O)c1ccc(F)cc1)NCCc1ccc(Cl)cc1Cl. The molecule has 134 valence electrons. The van der Waals surface area contributed by atoms with E-state index < -0.39 is 28.3 Å². The highest BCUT2D eigenvalue weighted by molar-refractivity contribution is 7.89. The van der Waals surface area contributed by atoms with Crippen LogP contribution in [-0.2, 0) is 21.2 Å². The third-order valence-electron chi connectivity index (χ3n) is 3.28. The highest BCUT2D eigenvalue weighted by atomic mass is 35.5. The molecule has 0 aromatic heterocycles. The molecule has 0 radical (unpaired) electrons. The van der Waals surface area contributed by atoms with Crippen LogP contribution in [0, 0.1) is 5.82 Å². The van der Waals surface area contributed by atoms with Crippen LogP contribution in [0.3, 0.4) is 0 Å². The number of hydrogen-bond acceptors (Lipinski definition) is 3. The average molecular weight is 405 g/mol. The smallest absolute Gasteiger partial charge is 0.241 e. The van der Waals surface area contributed by atoms with E-state index in [1.54, 1.807) is 18.2 Å². The van der Waals surface area contributed by atoms with Crippen molar-refractivity contribution in [3.63, 3.8) is 0 Å². The first-order valence-corrected chi connectivity index (χ1v) is 9.48. The molecule has 2 N–H and O–H groups in total. The monoisotopic (exact) mass is 404 g/mol. The summed E-state index contributed by atoms with van der Waals surface area (Å²) in [6.45, 7) is -0.132. The summed E-state index contributed by atoms with van der Waals surface area (Å²) in [5.74, 6) is -1.03. The van der Waals surface area contributed by atoms with Crippen LogP contribution in [0.1, 0.15) is 5.56 Å². The number of halogens is 3. The van der Waals surface area contributed by atoms with Crippen LogP contribution in [0.15, 0.2) is 47.4 Å². The molecule has 2 rings (SSSR count). The molecule has 0 heterocycles. The summed E-state index contributed by atoms with van der Waals surface area (Å²) in [4.78, 5) is 11.6.